The van der Waals surface area contributed by atoms with Crippen molar-refractivity contribution in [2.75, 3.05) is 13.2 Å². The fourth-order valence-corrected chi connectivity index (χ4v) is 2.38. The second-order valence-electron chi connectivity index (χ2n) is 5.79. The highest BCUT2D eigenvalue weighted by atomic mass is 16.5. The normalized spacial score (nSPS) is 14.1. The summed E-state index contributed by atoms with van der Waals surface area (Å²) < 4.78 is 16.9. The molecule has 1 aromatic carbocycles. The average Bonchev–Trinajstić information content (AvgIpc) is 2.54. The summed E-state index contributed by atoms with van der Waals surface area (Å²) in [5.74, 6) is 2.73. The molecular weight excluding hydrogens is 288 g/mol. The van der Waals surface area contributed by atoms with Gasteiger partial charge in [0.2, 0.25) is 0 Å². The fraction of sp³-hybridized carbons (Fsp3) is 0.400. The van der Waals surface area contributed by atoms with Crippen LogP contribution in [0.25, 0.3) is 0 Å². The van der Waals surface area contributed by atoms with Crippen molar-refractivity contribution in [1.29, 1.82) is 0 Å². The maximum absolute atomic E-state index is 5.80. The molecular formula is C20H26O3. The van der Waals surface area contributed by atoms with E-state index in [4.69, 9.17) is 14.2 Å². The Kier molecular flexibility index (Phi) is 6.33. The summed E-state index contributed by atoms with van der Waals surface area (Å²) in [6.45, 7) is 11.4. The largest absolute Gasteiger partial charge is 0.495 e. The molecule has 0 radical (unpaired) electrons. The molecule has 0 spiro atoms. The third-order valence-corrected chi connectivity index (χ3v) is 3.50. The number of hydrogen-bond acceptors (Lipinski definition) is 3. The van der Waals surface area contributed by atoms with Crippen LogP contribution in [-0.2, 0) is 4.74 Å². The van der Waals surface area contributed by atoms with Gasteiger partial charge in [0.1, 0.15) is 18.1 Å². The summed E-state index contributed by atoms with van der Waals surface area (Å²) in [5.41, 5.74) is 2.24. The maximum Gasteiger partial charge on any atom is 0.120 e. The van der Waals surface area contributed by atoms with Crippen LogP contribution in [0.15, 0.2) is 59.9 Å². The van der Waals surface area contributed by atoms with Gasteiger partial charge in [-0.1, -0.05) is 12.7 Å². The van der Waals surface area contributed by atoms with E-state index in [2.05, 4.69) is 12.7 Å². The summed E-state index contributed by atoms with van der Waals surface area (Å²) in [5, 5.41) is 0. The lowest BCUT2D eigenvalue weighted by molar-refractivity contribution is 0.139. The van der Waals surface area contributed by atoms with Crippen LogP contribution in [0.5, 0.6) is 11.5 Å². The number of benzene rings is 1. The van der Waals surface area contributed by atoms with Gasteiger partial charge in [0.15, 0.2) is 0 Å². The van der Waals surface area contributed by atoms with Crippen molar-refractivity contribution < 1.29 is 14.2 Å². The fourth-order valence-electron chi connectivity index (χ4n) is 2.38. The predicted molar refractivity (Wildman–Crippen MR) is 93.9 cm³/mol. The summed E-state index contributed by atoms with van der Waals surface area (Å²) in [6, 6.07) is 7.67. The topological polar surface area (TPSA) is 27.7 Å². The van der Waals surface area contributed by atoms with Crippen molar-refractivity contribution >= 4 is 0 Å². The molecule has 0 heterocycles. The minimum Gasteiger partial charge on any atom is -0.495 e. The molecule has 1 aliphatic carbocycles. The molecule has 23 heavy (non-hydrogen) atoms. The van der Waals surface area contributed by atoms with E-state index in [1.807, 2.05) is 51.1 Å². The van der Waals surface area contributed by atoms with Gasteiger partial charge in [-0.25, -0.2) is 0 Å². The Morgan fingerprint density at radius 3 is 2.22 bits per heavy atom. The quantitative estimate of drug-likeness (QED) is 0.672. The number of hydrogen-bond donors (Lipinski definition) is 0. The molecule has 0 aliphatic heterocycles. The van der Waals surface area contributed by atoms with E-state index in [0.29, 0.717) is 13.2 Å². The van der Waals surface area contributed by atoms with Crippen LogP contribution >= 0.6 is 0 Å². The van der Waals surface area contributed by atoms with Crippen LogP contribution in [0, 0.1) is 0 Å². The molecule has 3 nitrogen and oxygen atoms in total. The number of rotatable bonds is 8. The van der Waals surface area contributed by atoms with Crippen molar-refractivity contribution in [3.8, 4) is 11.5 Å². The first-order valence-corrected chi connectivity index (χ1v) is 8.18. The van der Waals surface area contributed by atoms with Crippen LogP contribution in [0.4, 0.5) is 0 Å². The van der Waals surface area contributed by atoms with Crippen molar-refractivity contribution in [2.24, 2.45) is 0 Å². The Hall–Kier alpha value is -2.16. The minimum atomic E-state index is 0.224. The van der Waals surface area contributed by atoms with Gasteiger partial charge in [-0.05, 0) is 68.7 Å². The van der Waals surface area contributed by atoms with Gasteiger partial charge >= 0.3 is 0 Å². The molecule has 0 saturated heterocycles. The molecule has 3 heteroatoms. The Balaban J connectivity index is 1.85. The van der Waals surface area contributed by atoms with E-state index in [0.717, 1.165) is 35.7 Å². The van der Waals surface area contributed by atoms with Crippen LogP contribution in [0.3, 0.4) is 0 Å². The van der Waals surface area contributed by atoms with E-state index < -0.39 is 0 Å². The second kappa shape index (κ2) is 8.47. The summed E-state index contributed by atoms with van der Waals surface area (Å²) >= 11 is 0. The number of ether oxygens (including phenoxy) is 3. The van der Waals surface area contributed by atoms with Crippen molar-refractivity contribution in [1.82, 2.24) is 0 Å². The molecule has 0 saturated carbocycles. The molecule has 0 atom stereocenters. The monoisotopic (exact) mass is 314 g/mol. The standard InChI is InChI=1S/C20H26O3/c1-5-21-18-10-12-19(13-11-18)22-14-16(4)17-6-8-20(9-7-17)23-15(2)3/h6,8,10-13,15H,4-5,7,9,14H2,1-3H3. The van der Waals surface area contributed by atoms with Crippen LogP contribution < -0.4 is 9.47 Å². The van der Waals surface area contributed by atoms with Gasteiger partial charge in [0.25, 0.3) is 0 Å². The van der Waals surface area contributed by atoms with Gasteiger partial charge in [-0.15, -0.1) is 0 Å². The van der Waals surface area contributed by atoms with Gasteiger partial charge in [-0.2, -0.15) is 0 Å². The molecule has 0 amide bonds. The summed E-state index contributed by atoms with van der Waals surface area (Å²) in [6.07, 6.45) is 6.23. The van der Waals surface area contributed by atoms with E-state index in [1.165, 1.54) is 5.57 Å². The molecule has 0 bridgehead atoms. The lowest BCUT2D eigenvalue weighted by atomic mass is 9.98. The third-order valence-electron chi connectivity index (χ3n) is 3.50. The number of allylic oxidation sites excluding steroid dienone is 3. The Morgan fingerprint density at radius 2 is 1.70 bits per heavy atom. The molecule has 0 N–H and O–H groups in total. The van der Waals surface area contributed by atoms with E-state index in [-0.39, 0.29) is 6.10 Å². The second-order valence-corrected chi connectivity index (χ2v) is 5.79. The zero-order valence-corrected chi connectivity index (χ0v) is 14.3. The molecule has 0 fully saturated rings. The van der Waals surface area contributed by atoms with E-state index in [9.17, 15) is 0 Å². The molecule has 1 aromatic rings. The first-order chi connectivity index (χ1) is 11.1. The molecule has 124 valence electrons. The smallest absolute Gasteiger partial charge is 0.120 e. The first-order valence-electron chi connectivity index (χ1n) is 8.18. The van der Waals surface area contributed by atoms with E-state index >= 15 is 0 Å². The van der Waals surface area contributed by atoms with Crippen LogP contribution in [-0.4, -0.2) is 19.3 Å². The van der Waals surface area contributed by atoms with Gasteiger partial charge in [-0.3, -0.25) is 0 Å². The van der Waals surface area contributed by atoms with Crippen molar-refractivity contribution in [2.45, 2.75) is 39.7 Å². The Bertz CT molecular complexity index is 579. The Labute approximate surface area is 139 Å². The third kappa shape index (κ3) is 5.51. The van der Waals surface area contributed by atoms with Gasteiger partial charge < -0.3 is 14.2 Å². The zero-order chi connectivity index (χ0) is 16.7. The highest BCUT2D eigenvalue weighted by Gasteiger charge is 2.11. The average molecular weight is 314 g/mol. The first kappa shape index (κ1) is 17.2. The molecule has 0 aromatic heterocycles. The highest BCUT2D eigenvalue weighted by Crippen LogP contribution is 2.25. The Morgan fingerprint density at radius 1 is 1.04 bits per heavy atom. The van der Waals surface area contributed by atoms with Crippen molar-refractivity contribution in [3.05, 3.63) is 59.9 Å². The lowest BCUT2D eigenvalue weighted by Crippen LogP contribution is -2.08. The summed E-state index contributed by atoms with van der Waals surface area (Å²) in [7, 11) is 0. The van der Waals surface area contributed by atoms with Crippen molar-refractivity contribution in [3.63, 3.8) is 0 Å². The minimum absolute atomic E-state index is 0.224. The lowest BCUT2D eigenvalue weighted by Gasteiger charge is -2.19. The highest BCUT2D eigenvalue weighted by molar-refractivity contribution is 5.37. The van der Waals surface area contributed by atoms with Crippen LogP contribution in [0.2, 0.25) is 0 Å². The van der Waals surface area contributed by atoms with Gasteiger partial charge in [0, 0.05) is 6.42 Å². The SMILES string of the molecule is C=C(COc1ccc(OCC)cc1)C1=CC=C(OC(C)C)CC1. The van der Waals surface area contributed by atoms with Crippen LogP contribution in [0.1, 0.15) is 33.6 Å². The molecule has 2 rings (SSSR count). The maximum atomic E-state index is 5.80. The van der Waals surface area contributed by atoms with Gasteiger partial charge in [0.05, 0.1) is 18.5 Å². The zero-order valence-electron chi connectivity index (χ0n) is 14.3. The summed E-state index contributed by atoms with van der Waals surface area (Å²) in [4.78, 5) is 0. The molecule has 1 aliphatic rings. The van der Waals surface area contributed by atoms with E-state index in [1.54, 1.807) is 0 Å². The predicted octanol–water partition coefficient (Wildman–Crippen LogP) is 5.05. The molecule has 0 unspecified atom stereocenters.